The van der Waals surface area contributed by atoms with E-state index in [0.29, 0.717) is 4.77 Å². The van der Waals surface area contributed by atoms with Crippen molar-refractivity contribution in [2.45, 2.75) is 6.92 Å². The van der Waals surface area contributed by atoms with Gasteiger partial charge in [0.15, 0.2) is 16.3 Å². The number of fused-ring (bicyclic) bond motifs is 2. The first-order valence-electron chi connectivity index (χ1n) is 6.34. The van der Waals surface area contributed by atoms with Crippen LogP contribution in [0, 0.1) is 11.7 Å². The number of aryl methyl sites for hydroxylation is 1. The second-order valence-corrected chi connectivity index (χ2v) is 5.16. The molecule has 0 saturated heterocycles. The summed E-state index contributed by atoms with van der Waals surface area (Å²) in [5.41, 5.74) is 4.27. The Balaban J connectivity index is 2.03. The fraction of sp³-hybridized carbons (Fsp3) is 0.133. The lowest BCUT2D eigenvalue weighted by Gasteiger charge is -2.07. The van der Waals surface area contributed by atoms with E-state index in [9.17, 15) is 0 Å². The summed E-state index contributed by atoms with van der Waals surface area (Å²) in [6.45, 7) is 2.35. The molecule has 2 aromatic carbocycles. The van der Waals surface area contributed by atoms with Crippen molar-refractivity contribution in [1.29, 1.82) is 0 Å². The lowest BCUT2D eigenvalue weighted by Crippen LogP contribution is -1.95. The molecular formula is C15H12N2O2S. The third-order valence-electron chi connectivity index (χ3n) is 3.52. The van der Waals surface area contributed by atoms with Crippen LogP contribution in [-0.4, -0.2) is 16.3 Å². The Labute approximate surface area is 120 Å². The van der Waals surface area contributed by atoms with Crippen LogP contribution in [0.4, 0.5) is 0 Å². The topological polar surface area (TPSA) is 39.2 Å². The first-order valence-corrected chi connectivity index (χ1v) is 6.75. The number of aromatic nitrogens is 2. The first kappa shape index (κ1) is 11.5. The number of aromatic amines is 1. The molecule has 0 fully saturated rings. The zero-order valence-corrected chi connectivity index (χ0v) is 11.7. The number of nitrogens with zero attached hydrogens (tertiary/aromatic N) is 1. The zero-order chi connectivity index (χ0) is 13.7. The van der Waals surface area contributed by atoms with Crippen molar-refractivity contribution in [2.24, 2.45) is 0 Å². The molecule has 0 unspecified atom stereocenters. The maximum absolute atomic E-state index is 5.46. The van der Waals surface area contributed by atoms with Gasteiger partial charge in [-0.05, 0) is 42.9 Å². The van der Waals surface area contributed by atoms with Gasteiger partial charge in [0.25, 0.3) is 0 Å². The van der Waals surface area contributed by atoms with Crippen LogP contribution in [0.2, 0.25) is 0 Å². The molecule has 1 aliphatic rings. The van der Waals surface area contributed by atoms with E-state index in [2.05, 4.69) is 18.0 Å². The summed E-state index contributed by atoms with van der Waals surface area (Å²) in [4.78, 5) is 3.24. The molecule has 0 bridgehead atoms. The SMILES string of the molecule is Cc1cccc2[nH]c(=S)n(-c3ccc4c(c3)OCO4)c12. The molecule has 3 aromatic rings. The molecule has 4 nitrogen and oxygen atoms in total. The average molecular weight is 284 g/mol. The highest BCUT2D eigenvalue weighted by Crippen LogP contribution is 2.34. The minimum atomic E-state index is 0.275. The summed E-state index contributed by atoms with van der Waals surface area (Å²) in [6, 6.07) is 12.0. The van der Waals surface area contributed by atoms with Crippen molar-refractivity contribution in [2.75, 3.05) is 6.79 Å². The molecule has 1 aromatic heterocycles. The lowest BCUT2D eigenvalue weighted by molar-refractivity contribution is 0.174. The quantitative estimate of drug-likeness (QED) is 0.692. The third-order valence-corrected chi connectivity index (χ3v) is 3.81. The minimum Gasteiger partial charge on any atom is -0.454 e. The summed E-state index contributed by atoms with van der Waals surface area (Å²) in [5, 5.41) is 0. The highest BCUT2D eigenvalue weighted by Gasteiger charge is 2.16. The molecular weight excluding hydrogens is 272 g/mol. The first-order chi connectivity index (χ1) is 9.74. The van der Waals surface area contributed by atoms with Crippen LogP contribution in [0.5, 0.6) is 11.5 Å². The lowest BCUT2D eigenvalue weighted by atomic mass is 10.2. The van der Waals surface area contributed by atoms with Crippen LogP contribution in [0.25, 0.3) is 16.7 Å². The molecule has 0 saturated carbocycles. The van der Waals surface area contributed by atoms with Gasteiger partial charge in [-0.25, -0.2) is 0 Å². The Bertz CT molecular complexity index is 879. The number of hydrogen-bond acceptors (Lipinski definition) is 3. The van der Waals surface area contributed by atoms with Gasteiger partial charge in [-0.1, -0.05) is 12.1 Å². The Morgan fingerprint density at radius 1 is 1.15 bits per heavy atom. The van der Waals surface area contributed by atoms with Crippen LogP contribution in [0.3, 0.4) is 0 Å². The summed E-state index contributed by atoms with van der Waals surface area (Å²) in [7, 11) is 0. The van der Waals surface area contributed by atoms with Crippen molar-refractivity contribution in [3.63, 3.8) is 0 Å². The van der Waals surface area contributed by atoms with Gasteiger partial charge < -0.3 is 14.5 Å². The van der Waals surface area contributed by atoms with Gasteiger partial charge in [0.05, 0.1) is 16.7 Å². The van der Waals surface area contributed by atoms with Crippen LogP contribution in [0.1, 0.15) is 5.56 Å². The van der Waals surface area contributed by atoms with E-state index in [-0.39, 0.29) is 6.79 Å². The summed E-state index contributed by atoms with van der Waals surface area (Å²) < 4.78 is 13.5. The minimum absolute atomic E-state index is 0.275. The molecule has 20 heavy (non-hydrogen) atoms. The maximum atomic E-state index is 5.46. The van der Waals surface area contributed by atoms with Gasteiger partial charge >= 0.3 is 0 Å². The van der Waals surface area contributed by atoms with E-state index in [1.807, 2.05) is 34.9 Å². The normalized spacial score (nSPS) is 13.1. The number of imidazole rings is 1. The van der Waals surface area contributed by atoms with Crippen molar-refractivity contribution in [3.05, 3.63) is 46.7 Å². The summed E-state index contributed by atoms with van der Waals surface area (Å²) in [6.07, 6.45) is 0. The van der Waals surface area contributed by atoms with Crippen LogP contribution in [-0.2, 0) is 0 Å². The van der Waals surface area contributed by atoms with Gasteiger partial charge in [0.2, 0.25) is 6.79 Å². The van der Waals surface area contributed by atoms with E-state index in [4.69, 9.17) is 21.7 Å². The average Bonchev–Trinajstić information content (AvgIpc) is 3.01. The van der Waals surface area contributed by atoms with Crippen LogP contribution in [0.15, 0.2) is 36.4 Å². The standard InChI is InChI=1S/C15H12N2O2S/c1-9-3-2-4-11-14(9)17(15(20)16-11)10-5-6-12-13(7-10)19-8-18-12/h2-7H,8H2,1H3,(H,16,20). The number of nitrogens with one attached hydrogen (secondary N) is 1. The van der Waals surface area contributed by atoms with Crippen molar-refractivity contribution >= 4 is 23.3 Å². The smallest absolute Gasteiger partial charge is 0.231 e. The molecule has 0 atom stereocenters. The fourth-order valence-electron chi connectivity index (χ4n) is 2.60. The van der Waals surface area contributed by atoms with Gasteiger partial charge in [0, 0.05) is 6.07 Å². The Morgan fingerprint density at radius 2 is 2.00 bits per heavy atom. The number of para-hydroxylation sites is 1. The second kappa shape index (κ2) is 4.11. The molecule has 0 spiro atoms. The Kier molecular flexibility index (Phi) is 2.37. The summed E-state index contributed by atoms with van der Waals surface area (Å²) >= 11 is 5.46. The molecule has 0 amide bonds. The van der Waals surface area contributed by atoms with Crippen LogP contribution >= 0.6 is 12.2 Å². The van der Waals surface area contributed by atoms with Crippen molar-refractivity contribution < 1.29 is 9.47 Å². The summed E-state index contributed by atoms with van der Waals surface area (Å²) in [5.74, 6) is 1.53. The van der Waals surface area contributed by atoms with Gasteiger partial charge in [-0.2, -0.15) is 0 Å². The van der Waals surface area contributed by atoms with E-state index in [1.54, 1.807) is 0 Å². The third kappa shape index (κ3) is 1.56. The van der Waals surface area contributed by atoms with Gasteiger partial charge in [-0.3, -0.25) is 4.57 Å². The Hall–Kier alpha value is -2.27. The highest BCUT2D eigenvalue weighted by atomic mass is 32.1. The van der Waals surface area contributed by atoms with E-state index < -0.39 is 0 Å². The van der Waals surface area contributed by atoms with E-state index in [1.165, 1.54) is 5.56 Å². The molecule has 4 rings (SSSR count). The highest BCUT2D eigenvalue weighted by molar-refractivity contribution is 7.71. The molecule has 0 radical (unpaired) electrons. The van der Waals surface area contributed by atoms with E-state index >= 15 is 0 Å². The molecule has 1 N–H and O–H groups in total. The largest absolute Gasteiger partial charge is 0.454 e. The number of H-pyrrole nitrogens is 1. The Morgan fingerprint density at radius 3 is 2.90 bits per heavy atom. The molecule has 2 heterocycles. The van der Waals surface area contributed by atoms with Crippen LogP contribution < -0.4 is 9.47 Å². The van der Waals surface area contributed by atoms with Crippen molar-refractivity contribution in [3.8, 4) is 17.2 Å². The molecule has 100 valence electrons. The zero-order valence-electron chi connectivity index (χ0n) is 10.8. The predicted octanol–water partition coefficient (Wildman–Crippen LogP) is 3.73. The monoisotopic (exact) mass is 284 g/mol. The van der Waals surface area contributed by atoms with Crippen molar-refractivity contribution in [1.82, 2.24) is 9.55 Å². The van der Waals surface area contributed by atoms with Gasteiger partial charge in [-0.15, -0.1) is 0 Å². The maximum Gasteiger partial charge on any atom is 0.231 e. The molecule has 5 heteroatoms. The number of rotatable bonds is 1. The van der Waals surface area contributed by atoms with E-state index in [0.717, 1.165) is 28.2 Å². The number of ether oxygens (including phenoxy) is 2. The molecule has 1 aliphatic heterocycles. The van der Waals surface area contributed by atoms with Gasteiger partial charge in [0.1, 0.15) is 0 Å². The fourth-order valence-corrected chi connectivity index (χ4v) is 2.91. The molecule has 0 aliphatic carbocycles. The predicted molar refractivity (Wildman–Crippen MR) is 79.3 cm³/mol. The second-order valence-electron chi connectivity index (χ2n) is 4.77. The number of benzene rings is 2. The number of hydrogen-bond donors (Lipinski definition) is 1.